The van der Waals surface area contributed by atoms with Crippen LogP contribution in [0.1, 0.15) is 11.1 Å². The first-order valence-corrected chi connectivity index (χ1v) is 7.75. The normalized spacial score (nSPS) is 11.0. The van der Waals surface area contributed by atoms with Crippen LogP contribution < -0.4 is 10.5 Å². The van der Waals surface area contributed by atoms with Gasteiger partial charge in [0.2, 0.25) is 0 Å². The molecule has 0 saturated carbocycles. The van der Waals surface area contributed by atoms with Crippen LogP contribution in [-0.4, -0.2) is 11.7 Å². The van der Waals surface area contributed by atoms with Crippen molar-refractivity contribution in [2.45, 2.75) is 11.9 Å². The third kappa shape index (κ3) is 2.66. The summed E-state index contributed by atoms with van der Waals surface area (Å²) in [4.78, 5) is 12.0. The van der Waals surface area contributed by atoms with E-state index < -0.39 is 11.6 Å². The molecule has 3 rings (SSSR count). The first-order valence-electron chi connectivity index (χ1n) is 6.63. The summed E-state index contributed by atoms with van der Waals surface area (Å²) in [6, 6.07) is 10.3. The number of rotatable bonds is 4. The molecule has 0 unspecified atom stereocenters. The highest BCUT2D eigenvalue weighted by molar-refractivity contribution is 9.08. The lowest BCUT2D eigenvalue weighted by atomic mass is 10.2. The number of ether oxygens (including phenoxy) is 1. The second-order valence-corrected chi connectivity index (χ2v) is 5.42. The number of hydrogen-bond acceptors (Lipinski definition) is 3. The van der Waals surface area contributed by atoms with Gasteiger partial charge in [0.15, 0.2) is 11.4 Å². The number of alkyl halides is 1. The number of hydrogen-bond donors (Lipinski definition) is 0. The highest BCUT2D eigenvalue weighted by Crippen LogP contribution is 2.22. The number of fused-ring (bicyclic) bond motifs is 1. The van der Waals surface area contributed by atoms with Gasteiger partial charge in [0, 0.05) is 5.33 Å². The summed E-state index contributed by atoms with van der Waals surface area (Å²) in [6.07, 6.45) is 0. The van der Waals surface area contributed by atoms with Crippen LogP contribution in [0.4, 0.5) is 4.39 Å². The van der Waals surface area contributed by atoms with E-state index in [1.165, 1.54) is 10.6 Å². The molecule has 2 aromatic carbocycles. The van der Waals surface area contributed by atoms with E-state index in [4.69, 9.17) is 9.15 Å². The van der Waals surface area contributed by atoms with Gasteiger partial charge in [-0.15, -0.1) is 0 Å². The Morgan fingerprint density at radius 2 is 1.95 bits per heavy atom. The zero-order valence-corrected chi connectivity index (χ0v) is 13.4. The monoisotopic (exact) mass is 365 g/mol. The van der Waals surface area contributed by atoms with Gasteiger partial charge in [-0.2, -0.15) is 0 Å². The van der Waals surface area contributed by atoms with Crippen LogP contribution in [-0.2, 0) is 11.9 Å². The Morgan fingerprint density at radius 3 is 2.59 bits per heavy atom. The molecule has 6 heteroatoms. The van der Waals surface area contributed by atoms with Crippen molar-refractivity contribution in [3.05, 3.63) is 63.9 Å². The smallest absolute Gasteiger partial charge is 0.420 e. The fourth-order valence-electron chi connectivity index (χ4n) is 2.34. The molecular weight excluding hydrogens is 353 g/mol. The van der Waals surface area contributed by atoms with Gasteiger partial charge in [0.05, 0.1) is 13.7 Å². The van der Waals surface area contributed by atoms with E-state index >= 15 is 0 Å². The lowest BCUT2D eigenvalue weighted by Gasteiger charge is -2.05. The lowest BCUT2D eigenvalue weighted by molar-refractivity contribution is 0.414. The lowest BCUT2D eigenvalue weighted by Crippen LogP contribution is -2.15. The van der Waals surface area contributed by atoms with Gasteiger partial charge in [-0.25, -0.2) is 9.18 Å². The van der Waals surface area contributed by atoms with Crippen molar-refractivity contribution in [1.82, 2.24) is 4.57 Å². The van der Waals surface area contributed by atoms with E-state index in [0.717, 1.165) is 16.9 Å². The van der Waals surface area contributed by atoms with E-state index in [9.17, 15) is 9.18 Å². The SMILES string of the molecule is COc1ccc(Cn2c(=O)oc3cc(CBr)cc(F)c32)cc1. The van der Waals surface area contributed by atoms with Crippen LogP contribution in [0.2, 0.25) is 0 Å². The van der Waals surface area contributed by atoms with E-state index in [1.807, 2.05) is 12.1 Å². The van der Waals surface area contributed by atoms with E-state index in [2.05, 4.69) is 15.9 Å². The van der Waals surface area contributed by atoms with Gasteiger partial charge in [-0.1, -0.05) is 28.1 Å². The minimum absolute atomic E-state index is 0.186. The van der Waals surface area contributed by atoms with Crippen LogP contribution in [0.25, 0.3) is 11.1 Å². The maximum Gasteiger partial charge on any atom is 0.420 e. The van der Waals surface area contributed by atoms with E-state index in [-0.39, 0.29) is 17.6 Å². The van der Waals surface area contributed by atoms with Crippen molar-refractivity contribution in [3.8, 4) is 5.75 Å². The molecule has 22 heavy (non-hydrogen) atoms. The Hall–Kier alpha value is -2.08. The van der Waals surface area contributed by atoms with Gasteiger partial charge in [-0.3, -0.25) is 4.57 Å². The summed E-state index contributed by atoms with van der Waals surface area (Å²) < 4.78 is 25.8. The van der Waals surface area contributed by atoms with Crippen molar-refractivity contribution < 1.29 is 13.5 Å². The molecule has 0 N–H and O–H groups in total. The second-order valence-electron chi connectivity index (χ2n) is 4.86. The van der Waals surface area contributed by atoms with Crippen molar-refractivity contribution in [1.29, 1.82) is 0 Å². The first-order chi connectivity index (χ1) is 10.6. The number of aromatic nitrogens is 1. The summed E-state index contributed by atoms with van der Waals surface area (Å²) in [7, 11) is 1.58. The predicted octanol–water partition coefficient (Wildman–Crippen LogP) is 3.69. The third-order valence-electron chi connectivity index (χ3n) is 3.43. The van der Waals surface area contributed by atoms with Crippen LogP contribution >= 0.6 is 15.9 Å². The molecule has 0 atom stereocenters. The molecule has 114 valence electrons. The number of halogens is 2. The van der Waals surface area contributed by atoms with Crippen LogP contribution in [0.15, 0.2) is 45.6 Å². The molecular formula is C16H13BrFNO3. The molecule has 0 aliphatic carbocycles. The maximum atomic E-state index is 14.3. The van der Waals surface area contributed by atoms with Gasteiger partial charge < -0.3 is 9.15 Å². The Kier molecular flexibility index (Phi) is 4.02. The molecule has 0 fully saturated rings. The van der Waals surface area contributed by atoms with Crippen molar-refractivity contribution >= 4 is 27.0 Å². The van der Waals surface area contributed by atoms with E-state index in [1.54, 1.807) is 25.3 Å². The van der Waals surface area contributed by atoms with Crippen LogP contribution in [0.5, 0.6) is 5.75 Å². The Balaban J connectivity index is 2.06. The highest BCUT2D eigenvalue weighted by atomic mass is 79.9. The zero-order chi connectivity index (χ0) is 15.7. The Bertz CT molecular complexity index is 867. The van der Waals surface area contributed by atoms with Gasteiger partial charge in [-0.05, 0) is 35.4 Å². The third-order valence-corrected chi connectivity index (χ3v) is 4.08. The number of nitrogens with zero attached hydrogens (tertiary/aromatic N) is 1. The molecule has 0 aliphatic rings. The molecule has 0 amide bonds. The summed E-state index contributed by atoms with van der Waals surface area (Å²) in [5.41, 5.74) is 2.02. The fourth-order valence-corrected chi connectivity index (χ4v) is 2.67. The summed E-state index contributed by atoms with van der Waals surface area (Å²) in [5.74, 6) is -0.316. The molecule has 4 nitrogen and oxygen atoms in total. The van der Waals surface area contributed by atoms with Gasteiger partial charge in [0.25, 0.3) is 0 Å². The second kappa shape index (κ2) is 5.96. The predicted molar refractivity (Wildman–Crippen MR) is 85.2 cm³/mol. The summed E-state index contributed by atoms with van der Waals surface area (Å²) >= 11 is 3.26. The molecule has 3 aromatic rings. The summed E-state index contributed by atoms with van der Waals surface area (Å²) in [5, 5.41) is 0.493. The average Bonchev–Trinajstić information content (AvgIpc) is 2.84. The van der Waals surface area contributed by atoms with Gasteiger partial charge >= 0.3 is 5.76 Å². The molecule has 0 bridgehead atoms. The minimum Gasteiger partial charge on any atom is -0.497 e. The van der Waals surface area contributed by atoms with E-state index in [0.29, 0.717) is 5.33 Å². The molecule has 1 aromatic heterocycles. The van der Waals surface area contributed by atoms with Crippen LogP contribution in [0.3, 0.4) is 0 Å². The summed E-state index contributed by atoms with van der Waals surface area (Å²) in [6.45, 7) is 0.237. The zero-order valence-electron chi connectivity index (χ0n) is 11.8. The fraction of sp³-hybridized carbons (Fsp3) is 0.188. The van der Waals surface area contributed by atoms with Crippen LogP contribution in [0, 0.1) is 5.82 Å². The van der Waals surface area contributed by atoms with Crippen molar-refractivity contribution in [2.75, 3.05) is 7.11 Å². The molecule has 0 radical (unpaired) electrons. The largest absolute Gasteiger partial charge is 0.497 e. The number of benzene rings is 2. The highest BCUT2D eigenvalue weighted by Gasteiger charge is 2.15. The molecule has 1 heterocycles. The Labute approximate surface area is 134 Å². The van der Waals surface area contributed by atoms with Crippen molar-refractivity contribution in [2.24, 2.45) is 0 Å². The molecule has 0 spiro atoms. The first kappa shape index (κ1) is 14.8. The maximum absolute atomic E-state index is 14.3. The standard InChI is InChI=1S/C16H13BrFNO3/c1-21-12-4-2-10(3-5-12)9-19-15-13(18)6-11(8-17)7-14(15)22-16(19)20/h2-7H,8-9H2,1H3. The number of methoxy groups -OCH3 is 1. The Morgan fingerprint density at radius 1 is 1.23 bits per heavy atom. The average molecular weight is 366 g/mol. The van der Waals surface area contributed by atoms with Gasteiger partial charge in [0.1, 0.15) is 11.3 Å². The minimum atomic E-state index is -0.573. The number of oxazole rings is 1. The molecule has 0 saturated heterocycles. The molecule has 0 aliphatic heterocycles. The quantitative estimate of drug-likeness (QED) is 0.662. The van der Waals surface area contributed by atoms with Crippen molar-refractivity contribution in [3.63, 3.8) is 0 Å². The topological polar surface area (TPSA) is 44.4 Å².